The van der Waals surface area contributed by atoms with Gasteiger partial charge in [0.25, 0.3) is 5.91 Å². The van der Waals surface area contributed by atoms with E-state index in [0.29, 0.717) is 18.7 Å². The summed E-state index contributed by atoms with van der Waals surface area (Å²) in [7, 11) is -0.880. The predicted octanol–water partition coefficient (Wildman–Crippen LogP) is 4.18. The number of carbonyl (C=O) groups is 3. The van der Waals surface area contributed by atoms with E-state index in [9.17, 15) is 19.5 Å². The van der Waals surface area contributed by atoms with E-state index in [1.807, 2.05) is 51.1 Å². The summed E-state index contributed by atoms with van der Waals surface area (Å²) in [4.78, 5) is 43.5. The molecule has 2 N–H and O–H groups in total. The number of aromatic nitrogens is 1. The van der Waals surface area contributed by atoms with Crippen LogP contribution in [0.1, 0.15) is 57.9 Å². The van der Waals surface area contributed by atoms with Crippen molar-refractivity contribution in [2.45, 2.75) is 75.9 Å². The monoisotopic (exact) mass is 540 g/mol. The number of aliphatic hydroxyl groups excluding tert-OH is 1. The van der Waals surface area contributed by atoms with Gasteiger partial charge in [-0.3, -0.25) is 14.4 Å². The number of aliphatic hydroxyl groups is 1. The maximum absolute atomic E-state index is 13.4. The molecule has 0 radical (unpaired) electrons. The number of hydrogen-bond acceptors (Lipinski definition) is 8. The minimum Gasteiger partial charge on any atom is -0.508 e. The first-order valence-corrected chi connectivity index (χ1v) is 14.0. The lowest BCUT2D eigenvalue weighted by atomic mass is 9.64. The summed E-state index contributed by atoms with van der Waals surface area (Å²) in [6.45, 7) is 9.66. The molecule has 1 fully saturated rings. The van der Waals surface area contributed by atoms with Crippen molar-refractivity contribution in [3.8, 4) is 11.3 Å². The fourth-order valence-corrected chi connectivity index (χ4v) is 5.47. The largest absolute Gasteiger partial charge is 0.531 e. The Labute approximate surface area is 229 Å². The Morgan fingerprint density at radius 3 is 2.50 bits per heavy atom. The Morgan fingerprint density at radius 2 is 1.84 bits per heavy atom. The number of nitrogens with zero attached hydrogens (tertiary/aromatic N) is 1. The molecule has 1 aliphatic rings. The van der Waals surface area contributed by atoms with Gasteiger partial charge in [0.2, 0.25) is 0 Å². The molecule has 8 nitrogen and oxygen atoms in total. The van der Waals surface area contributed by atoms with Crippen LogP contribution in [0, 0.1) is 5.92 Å². The Hall–Kier alpha value is -2.69. The third-order valence-electron chi connectivity index (χ3n) is 6.29. The number of benzene rings is 1. The van der Waals surface area contributed by atoms with Gasteiger partial charge in [0, 0.05) is 29.7 Å². The molecule has 0 bridgehead atoms. The molecule has 2 aromatic rings. The number of carbonyl (C=O) groups excluding carboxylic acids is 3. The molecule has 2 heterocycles. The molecule has 0 spiro atoms. The molecule has 1 aromatic carbocycles. The molecular weight excluding hydrogens is 503 g/mol. The highest BCUT2D eigenvalue weighted by Crippen LogP contribution is 2.31. The van der Waals surface area contributed by atoms with Crippen LogP contribution in [0.3, 0.4) is 0 Å². The van der Waals surface area contributed by atoms with Crippen LogP contribution >= 0.6 is 11.8 Å². The Kier molecular flexibility index (Phi) is 10.9. The fraction of sp³-hybridized carbons (Fsp3) is 0.500. The van der Waals surface area contributed by atoms with Crippen molar-refractivity contribution in [2.75, 3.05) is 6.61 Å². The van der Waals surface area contributed by atoms with Crippen molar-refractivity contribution >= 4 is 36.5 Å². The molecule has 10 heteroatoms. The minimum atomic E-state index is -1.16. The fourth-order valence-electron chi connectivity index (χ4n) is 4.45. The number of nitrogens with one attached hydrogen (secondary N) is 1. The lowest BCUT2D eigenvalue weighted by Crippen LogP contribution is -2.49. The van der Waals surface area contributed by atoms with Crippen molar-refractivity contribution in [3.63, 3.8) is 0 Å². The molecular formula is C28H37BN2O6S. The van der Waals surface area contributed by atoms with Crippen molar-refractivity contribution in [1.29, 1.82) is 0 Å². The zero-order chi connectivity index (χ0) is 27.8. The summed E-state index contributed by atoms with van der Waals surface area (Å²) in [5, 5.41) is 12.9. The van der Waals surface area contributed by atoms with Crippen LogP contribution in [0.5, 0.6) is 0 Å². The van der Waals surface area contributed by atoms with Gasteiger partial charge in [-0.2, -0.15) is 0 Å². The molecule has 1 amide bonds. The van der Waals surface area contributed by atoms with Gasteiger partial charge in [-0.1, -0.05) is 57.2 Å². The first kappa shape index (κ1) is 29.9. The quantitative estimate of drug-likeness (QED) is 0.432. The van der Waals surface area contributed by atoms with Crippen LogP contribution in [0.4, 0.5) is 0 Å². The van der Waals surface area contributed by atoms with Crippen LogP contribution in [0.2, 0.25) is 5.82 Å². The molecule has 0 aliphatic carbocycles. The molecule has 0 saturated carbocycles. The summed E-state index contributed by atoms with van der Waals surface area (Å²) < 4.78 is 11.6. The number of rotatable bonds is 10. The van der Waals surface area contributed by atoms with E-state index >= 15 is 0 Å². The second-order valence-corrected chi connectivity index (χ2v) is 12.0. The first-order valence-electron chi connectivity index (χ1n) is 13.1. The van der Waals surface area contributed by atoms with E-state index in [2.05, 4.69) is 10.3 Å². The van der Waals surface area contributed by atoms with Gasteiger partial charge in [0.1, 0.15) is 11.7 Å². The van der Waals surface area contributed by atoms with Gasteiger partial charge in [-0.25, -0.2) is 4.98 Å². The molecule has 5 atom stereocenters. The van der Waals surface area contributed by atoms with Crippen molar-refractivity contribution in [1.82, 2.24) is 10.3 Å². The average molecular weight is 540 g/mol. The Balaban J connectivity index is 1.76. The number of thioether (sulfide) groups is 1. The van der Waals surface area contributed by atoms with E-state index in [1.165, 1.54) is 18.7 Å². The van der Waals surface area contributed by atoms with E-state index in [1.54, 1.807) is 25.1 Å². The number of amides is 1. The van der Waals surface area contributed by atoms with Gasteiger partial charge >= 0.3 is 13.1 Å². The first-order chi connectivity index (χ1) is 18.0. The van der Waals surface area contributed by atoms with Gasteiger partial charge in [0.15, 0.2) is 5.78 Å². The maximum Gasteiger partial charge on any atom is 0.531 e. The van der Waals surface area contributed by atoms with E-state index in [-0.39, 0.29) is 40.3 Å². The van der Waals surface area contributed by atoms with Crippen LogP contribution < -0.4 is 5.32 Å². The maximum atomic E-state index is 13.4. The van der Waals surface area contributed by atoms with Gasteiger partial charge in [-0.05, 0) is 38.3 Å². The summed E-state index contributed by atoms with van der Waals surface area (Å²) in [6, 6.07) is 13.4. The summed E-state index contributed by atoms with van der Waals surface area (Å²) in [5.74, 6) is -1.52. The molecule has 1 aliphatic heterocycles. The molecule has 38 heavy (non-hydrogen) atoms. The highest BCUT2D eigenvalue weighted by molar-refractivity contribution is 8.01. The SMILES string of the molecule is CC(C)C[C@H](CC(=O)[C@@H](NC(=O)c1cccc(-c2ccccc2)n1)[C@@H](C)O)B1OC[C@@H](C)S[C@H](C)C(=O)O1. The zero-order valence-electron chi connectivity index (χ0n) is 22.6. The number of hydrogen-bond donors (Lipinski definition) is 2. The molecule has 3 rings (SSSR count). The van der Waals surface area contributed by atoms with Gasteiger partial charge in [-0.15, -0.1) is 11.8 Å². The third-order valence-corrected chi connectivity index (χ3v) is 7.49. The number of pyridine rings is 1. The summed E-state index contributed by atoms with van der Waals surface area (Å²) in [6.07, 6.45) is -0.596. The molecule has 204 valence electrons. The Morgan fingerprint density at radius 1 is 1.13 bits per heavy atom. The van der Waals surface area contributed by atoms with Crippen LogP contribution in [0.25, 0.3) is 11.3 Å². The van der Waals surface area contributed by atoms with Crippen molar-refractivity contribution in [2.24, 2.45) is 5.92 Å². The third kappa shape index (κ3) is 8.41. The number of Topliss-reactive ketones (excluding diaryl/α,β-unsaturated/α-hetero) is 1. The van der Waals surface area contributed by atoms with Crippen LogP contribution in [-0.2, 0) is 18.9 Å². The van der Waals surface area contributed by atoms with E-state index < -0.39 is 31.0 Å². The molecule has 0 unspecified atom stereocenters. The summed E-state index contributed by atoms with van der Waals surface area (Å²) in [5.41, 5.74) is 1.62. The van der Waals surface area contributed by atoms with Crippen LogP contribution in [-0.4, -0.2) is 64.1 Å². The zero-order valence-corrected chi connectivity index (χ0v) is 23.4. The lowest BCUT2D eigenvalue weighted by molar-refractivity contribution is -0.135. The van der Waals surface area contributed by atoms with Crippen molar-refractivity contribution in [3.05, 3.63) is 54.2 Å². The second kappa shape index (κ2) is 13.9. The van der Waals surface area contributed by atoms with E-state index in [4.69, 9.17) is 9.31 Å². The van der Waals surface area contributed by atoms with Gasteiger partial charge < -0.3 is 19.7 Å². The smallest absolute Gasteiger partial charge is 0.508 e. The number of ketones is 1. The topological polar surface area (TPSA) is 115 Å². The van der Waals surface area contributed by atoms with Crippen molar-refractivity contribution < 1.29 is 28.8 Å². The molecule has 1 saturated heterocycles. The highest BCUT2D eigenvalue weighted by atomic mass is 32.2. The standard InChI is InChI=1S/C28H37BN2O6S/c1-17(2)14-22(29-36-16-18(3)38-20(5)28(35)37-29)15-25(33)26(19(4)32)31-27(34)24-13-9-12-23(30-24)21-10-7-6-8-11-21/h6-13,17-20,22,26,32H,14-16H2,1-5H3,(H,31,34)/t18-,19-,20-,22-,26+/m1/s1. The minimum absolute atomic E-state index is 0.0284. The summed E-state index contributed by atoms with van der Waals surface area (Å²) >= 11 is 1.49. The molecule has 1 aromatic heterocycles. The second-order valence-electron chi connectivity index (χ2n) is 10.3. The predicted molar refractivity (Wildman–Crippen MR) is 150 cm³/mol. The average Bonchev–Trinajstić information content (AvgIpc) is 2.88. The highest BCUT2D eigenvalue weighted by Gasteiger charge is 2.41. The normalized spacial score (nSPS) is 20.6. The van der Waals surface area contributed by atoms with Gasteiger partial charge in [0.05, 0.1) is 17.0 Å². The lowest BCUT2D eigenvalue weighted by Gasteiger charge is -2.30. The van der Waals surface area contributed by atoms with Crippen LogP contribution in [0.15, 0.2) is 48.5 Å². The van der Waals surface area contributed by atoms with E-state index in [0.717, 1.165) is 5.56 Å². The Bertz CT molecular complexity index is 1100.